The number of nitrogens with zero attached hydrogens (tertiary/aromatic N) is 1. The largest absolute Gasteiger partial charge is 0.505 e. The van der Waals surface area contributed by atoms with E-state index in [2.05, 4.69) is 4.98 Å². The maximum atomic E-state index is 11.6. The molecule has 1 aromatic rings. The molecule has 0 aliphatic carbocycles. The fourth-order valence-electron chi connectivity index (χ4n) is 1.10. The summed E-state index contributed by atoms with van der Waals surface area (Å²) in [6.07, 6.45) is 0. The summed E-state index contributed by atoms with van der Waals surface area (Å²) < 4.78 is 0. The summed E-state index contributed by atoms with van der Waals surface area (Å²) in [5.74, 6) is -1.42. The molecule has 15 heavy (non-hydrogen) atoms. The lowest BCUT2D eigenvalue weighted by Gasteiger charge is -2.12. The van der Waals surface area contributed by atoms with Crippen LogP contribution in [0.2, 0.25) is 0 Å². The van der Waals surface area contributed by atoms with Crippen LogP contribution >= 0.6 is 0 Å². The van der Waals surface area contributed by atoms with E-state index >= 15 is 0 Å². The Balaban J connectivity index is 3.02. The summed E-state index contributed by atoms with van der Waals surface area (Å²) in [6, 6.07) is 1.19. The van der Waals surface area contributed by atoms with Crippen molar-refractivity contribution in [3.8, 4) is 5.75 Å². The second kappa shape index (κ2) is 4.04. The zero-order valence-electron chi connectivity index (χ0n) is 8.57. The molecule has 0 bridgehead atoms. The first-order valence-corrected chi connectivity index (χ1v) is 4.44. The number of carbonyl (C=O) groups is 2. The van der Waals surface area contributed by atoms with Crippen LogP contribution < -0.4 is 5.73 Å². The van der Waals surface area contributed by atoms with Crippen molar-refractivity contribution >= 4 is 11.8 Å². The molecular formula is C9H13N3O3. The standard InChI is InChI=1S/C9H13N3O3/c1-3-12(2)9(15)5-4-6(13)7(11-5)8(10)14/h4,11,13H,3H2,1-2H3,(H2,10,14). The van der Waals surface area contributed by atoms with E-state index in [9.17, 15) is 14.7 Å². The van der Waals surface area contributed by atoms with Crippen molar-refractivity contribution in [2.45, 2.75) is 6.92 Å². The van der Waals surface area contributed by atoms with Gasteiger partial charge in [-0.15, -0.1) is 0 Å². The first-order valence-electron chi connectivity index (χ1n) is 4.44. The number of carbonyl (C=O) groups excluding carboxylic acids is 2. The number of nitrogens with two attached hydrogens (primary N) is 1. The van der Waals surface area contributed by atoms with Crippen LogP contribution in [0, 0.1) is 0 Å². The number of rotatable bonds is 3. The molecule has 4 N–H and O–H groups in total. The van der Waals surface area contributed by atoms with Gasteiger partial charge in [-0.3, -0.25) is 9.59 Å². The highest BCUT2D eigenvalue weighted by Gasteiger charge is 2.18. The van der Waals surface area contributed by atoms with Crippen LogP contribution in [0.25, 0.3) is 0 Å². The second-order valence-corrected chi connectivity index (χ2v) is 3.13. The molecule has 1 aromatic heterocycles. The first kappa shape index (κ1) is 11.1. The first-order chi connectivity index (χ1) is 6.97. The fourth-order valence-corrected chi connectivity index (χ4v) is 1.10. The molecule has 0 atom stereocenters. The minimum atomic E-state index is -0.800. The molecule has 0 radical (unpaired) electrons. The summed E-state index contributed by atoms with van der Waals surface area (Å²) in [5, 5.41) is 9.30. The number of amides is 2. The van der Waals surface area contributed by atoms with Crippen LogP contribution in [-0.2, 0) is 0 Å². The van der Waals surface area contributed by atoms with Gasteiger partial charge < -0.3 is 20.7 Å². The Bertz CT molecular complexity index is 397. The lowest BCUT2D eigenvalue weighted by molar-refractivity contribution is 0.0797. The van der Waals surface area contributed by atoms with Gasteiger partial charge in [0.25, 0.3) is 11.8 Å². The van der Waals surface area contributed by atoms with E-state index < -0.39 is 5.91 Å². The molecule has 82 valence electrons. The zero-order valence-corrected chi connectivity index (χ0v) is 8.57. The van der Waals surface area contributed by atoms with Crippen LogP contribution in [-0.4, -0.2) is 40.4 Å². The Morgan fingerprint density at radius 1 is 1.60 bits per heavy atom. The highest BCUT2D eigenvalue weighted by atomic mass is 16.3. The summed E-state index contributed by atoms with van der Waals surface area (Å²) in [6.45, 7) is 2.35. The molecule has 6 nitrogen and oxygen atoms in total. The summed E-state index contributed by atoms with van der Waals surface area (Å²) in [5.41, 5.74) is 4.98. The molecular weight excluding hydrogens is 198 g/mol. The molecule has 1 rings (SSSR count). The minimum Gasteiger partial charge on any atom is -0.505 e. The predicted octanol–water partition coefficient (Wildman–Crippen LogP) is -0.0889. The highest BCUT2D eigenvalue weighted by Crippen LogP contribution is 2.18. The maximum absolute atomic E-state index is 11.6. The number of H-pyrrole nitrogens is 1. The van der Waals surface area contributed by atoms with Crippen LogP contribution in [0.4, 0.5) is 0 Å². The van der Waals surface area contributed by atoms with E-state index in [1.165, 1.54) is 11.0 Å². The van der Waals surface area contributed by atoms with E-state index in [0.717, 1.165) is 0 Å². The number of aromatic amines is 1. The van der Waals surface area contributed by atoms with Crippen LogP contribution in [0.5, 0.6) is 5.75 Å². The second-order valence-electron chi connectivity index (χ2n) is 3.13. The van der Waals surface area contributed by atoms with E-state index in [0.29, 0.717) is 6.54 Å². The van der Waals surface area contributed by atoms with E-state index in [4.69, 9.17) is 5.73 Å². The van der Waals surface area contributed by atoms with Gasteiger partial charge in [-0.1, -0.05) is 0 Å². The Kier molecular flexibility index (Phi) is 2.99. The fraction of sp³-hybridized carbons (Fsp3) is 0.333. The number of hydrogen-bond acceptors (Lipinski definition) is 3. The van der Waals surface area contributed by atoms with Crippen molar-refractivity contribution in [3.63, 3.8) is 0 Å². The molecule has 0 spiro atoms. The Hall–Kier alpha value is -1.98. The minimum absolute atomic E-state index is 0.144. The highest BCUT2D eigenvalue weighted by molar-refractivity contribution is 5.98. The maximum Gasteiger partial charge on any atom is 0.270 e. The molecule has 2 amide bonds. The monoisotopic (exact) mass is 211 g/mol. The van der Waals surface area contributed by atoms with Gasteiger partial charge in [0.05, 0.1) is 0 Å². The van der Waals surface area contributed by atoms with E-state index in [-0.39, 0.29) is 23.0 Å². The number of aromatic hydroxyl groups is 1. The van der Waals surface area contributed by atoms with Gasteiger partial charge >= 0.3 is 0 Å². The Labute approximate surface area is 86.7 Å². The molecule has 6 heteroatoms. The number of aromatic nitrogens is 1. The third-order valence-corrected chi connectivity index (χ3v) is 2.09. The van der Waals surface area contributed by atoms with E-state index in [1.54, 1.807) is 7.05 Å². The summed E-state index contributed by atoms with van der Waals surface area (Å²) >= 11 is 0. The molecule has 1 heterocycles. The molecule has 0 saturated heterocycles. The van der Waals surface area contributed by atoms with Crippen molar-refractivity contribution < 1.29 is 14.7 Å². The van der Waals surface area contributed by atoms with Gasteiger partial charge in [-0.2, -0.15) is 0 Å². The molecule has 0 aliphatic heterocycles. The third kappa shape index (κ3) is 2.09. The lowest BCUT2D eigenvalue weighted by atomic mass is 10.3. The van der Waals surface area contributed by atoms with Crippen LogP contribution in [0.1, 0.15) is 27.9 Å². The average Bonchev–Trinajstić information content (AvgIpc) is 2.58. The quantitative estimate of drug-likeness (QED) is 0.651. The number of nitrogens with one attached hydrogen (secondary N) is 1. The average molecular weight is 211 g/mol. The summed E-state index contributed by atoms with van der Waals surface area (Å²) in [4.78, 5) is 26.3. The molecule has 0 aromatic carbocycles. The SMILES string of the molecule is CCN(C)C(=O)c1cc(O)c(C(N)=O)[nH]1. The van der Waals surface area contributed by atoms with Gasteiger partial charge in [-0.25, -0.2) is 0 Å². The number of primary amides is 1. The van der Waals surface area contributed by atoms with Gasteiger partial charge in [0, 0.05) is 19.7 Å². The molecule has 0 saturated carbocycles. The van der Waals surface area contributed by atoms with Crippen molar-refractivity contribution in [3.05, 3.63) is 17.5 Å². The zero-order chi connectivity index (χ0) is 11.6. The Morgan fingerprint density at radius 2 is 2.20 bits per heavy atom. The van der Waals surface area contributed by atoms with Crippen molar-refractivity contribution in [1.82, 2.24) is 9.88 Å². The van der Waals surface area contributed by atoms with Crippen LogP contribution in [0.15, 0.2) is 6.07 Å². The van der Waals surface area contributed by atoms with Crippen LogP contribution in [0.3, 0.4) is 0 Å². The topological polar surface area (TPSA) is 99.4 Å². The summed E-state index contributed by atoms with van der Waals surface area (Å²) in [7, 11) is 1.62. The lowest BCUT2D eigenvalue weighted by Crippen LogP contribution is -2.26. The van der Waals surface area contributed by atoms with Crippen molar-refractivity contribution in [1.29, 1.82) is 0 Å². The third-order valence-electron chi connectivity index (χ3n) is 2.09. The molecule has 0 aliphatic rings. The number of hydrogen-bond donors (Lipinski definition) is 3. The van der Waals surface area contributed by atoms with Gasteiger partial charge in [0.15, 0.2) is 0 Å². The van der Waals surface area contributed by atoms with Gasteiger partial charge in [0.1, 0.15) is 17.1 Å². The smallest absolute Gasteiger partial charge is 0.270 e. The Morgan fingerprint density at radius 3 is 2.60 bits per heavy atom. The van der Waals surface area contributed by atoms with E-state index in [1.807, 2.05) is 6.92 Å². The normalized spacial score (nSPS) is 10.0. The van der Waals surface area contributed by atoms with Crippen molar-refractivity contribution in [2.24, 2.45) is 5.73 Å². The molecule has 0 fully saturated rings. The van der Waals surface area contributed by atoms with Crippen molar-refractivity contribution in [2.75, 3.05) is 13.6 Å². The molecule has 0 unspecified atom stereocenters. The van der Waals surface area contributed by atoms with Gasteiger partial charge in [-0.05, 0) is 6.92 Å². The predicted molar refractivity (Wildman–Crippen MR) is 53.6 cm³/mol. The van der Waals surface area contributed by atoms with Gasteiger partial charge in [0.2, 0.25) is 0 Å².